The van der Waals surface area contributed by atoms with E-state index in [1.54, 1.807) is 0 Å². The van der Waals surface area contributed by atoms with Crippen molar-refractivity contribution in [2.45, 2.75) is 32.4 Å². The fraction of sp³-hybridized carbons (Fsp3) is 0.600. The van der Waals surface area contributed by atoms with Crippen LogP contribution < -0.4 is 11.1 Å². The van der Waals surface area contributed by atoms with Crippen molar-refractivity contribution in [3.05, 3.63) is 15.8 Å². The van der Waals surface area contributed by atoms with Crippen molar-refractivity contribution in [3.8, 4) is 0 Å². The summed E-state index contributed by atoms with van der Waals surface area (Å²) in [6.07, 6.45) is -4.94. The van der Waals surface area contributed by atoms with E-state index in [0.717, 1.165) is 0 Å². The van der Waals surface area contributed by atoms with Crippen LogP contribution in [-0.4, -0.2) is 27.6 Å². The number of aryl methyl sites for hydroxylation is 1. The lowest BCUT2D eigenvalue weighted by atomic mass is 10.2. The van der Waals surface area contributed by atoms with E-state index in [1.165, 1.54) is 6.92 Å². The molecule has 0 fully saturated rings. The molecule has 1 heterocycles. The number of nitro groups is 1. The molecule has 7 nitrogen and oxygen atoms in total. The van der Waals surface area contributed by atoms with Gasteiger partial charge in [0.05, 0.1) is 4.92 Å². The standard InChI is InChI=1S/C10H14F3N5O2/c1-6-7(18(19)20)8(17-9(14)16-6)15-5-3-2-4-10(11,12)13/h2-5H2,1H3,(H3,14,15,16,17). The van der Waals surface area contributed by atoms with Gasteiger partial charge in [-0.25, -0.2) is 4.98 Å². The zero-order valence-electron chi connectivity index (χ0n) is 10.7. The van der Waals surface area contributed by atoms with Gasteiger partial charge in [0.1, 0.15) is 5.69 Å². The predicted molar refractivity (Wildman–Crippen MR) is 66.2 cm³/mol. The summed E-state index contributed by atoms with van der Waals surface area (Å²) in [6.45, 7) is 1.54. The van der Waals surface area contributed by atoms with Gasteiger partial charge >= 0.3 is 11.9 Å². The summed E-state index contributed by atoms with van der Waals surface area (Å²) >= 11 is 0. The molecule has 0 saturated heterocycles. The number of nitrogens with two attached hydrogens (primary N) is 1. The van der Waals surface area contributed by atoms with Crippen molar-refractivity contribution in [1.29, 1.82) is 0 Å². The number of aromatic nitrogens is 2. The number of rotatable bonds is 6. The number of unbranched alkanes of at least 4 members (excludes halogenated alkanes) is 1. The number of alkyl halides is 3. The Bertz CT molecular complexity index is 493. The first-order chi connectivity index (χ1) is 9.20. The highest BCUT2D eigenvalue weighted by Gasteiger charge is 2.26. The first-order valence-corrected chi connectivity index (χ1v) is 5.80. The number of nitrogens with one attached hydrogen (secondary N) is 1. The van der Waals surface area contributed by atoms with Crippen LogP contribution in [0.25, 0.3) is 0 Å². The molecule has 0 bridgehead atoms. The van der Waals surface area contributed by atoms with Crippen LogP contribution in [0.3, 0.4) is 0 Å². The topological polar surface area (TPSA) is 107 Å². The third-order valence-electron chi connectivity index (χ3n) is 2.44. The van der Waals surface area contributed by atoms with Crippen molar-refractivity contribution in [3.63, 3.8) is 0 Å². The molecule has 1 aromatic heterocycles. The number of nitrogens with zero attached hydrogens (tertiary/aromatic N) is 3. The van der Waals surface area contributed by atoms with Gasteiger partial charge in [-0.3, -0.25) is 10.1 Å². The largest absolute Gasteiger partial charge is 0.389 e. The van der Waals surface area contributed by atoms with Crippen molar-refractivity contribution in [2.24, 2.45) is 0 Å². The van der Waals surface area contributed by atoms with E-state index >= 15 is 0 Å². The lowest BCUT2D eigenvalue weighted by Crippen LogP contribution is -2.12. The Morgan fingerprint density at radius 2 is 2.00 bits per heavy atom. The summed E-state index contributed by atoms with van der Waals surface area (Å²) < 4.78 is 35.8. The third kappa shape index (κ3) is 4.86. The lowest BCUT2D eigenvalue weighted by Gasteiger charge is -2.09. The van der Waals surface area contributed by atoms with Crippen LogP contribution in [-0.2, 0) is 0 Å². The zero-order valence-corrected chi connectivity index (χ0v) is 10.7. The van der Waals surface area contributed by atoms with E-state index in [1.807, 2.05) is 0 Å². The minimum Gasteiger partial charge on any atom is -0.368 e. The monoisotopic (exact) mass is 293 g/mol. The minimum atomic E-state index is -4.19. The van der Waals surface area contributed by atoms with E-state index in [0.29, 0.717) is 0 Å². The fourth-order valence-corrected chi connectivity index (χ4v) is 1.59. The van der Waals surface area contributed by atoms with Crippen LogP contribution in [0.15, 0.2) is 0 Å². The van der Waals surface area contributed by atoms with Gasteiger partial charge in [-0.2, -0.15) is 18.2 Å². The van der Waals surface area contributed by atoms with Crippen molar-refractivity contribution in [1.82, 2.24) is 9.97 Å². The maximum absolute atomic E-state index is 11.9. The summed E-state index contributed by atoms with van der Waals surface area (Å²) in [7, 11) is 0. The van der Waals surface area contributed by atoms with E-state index in [2.05, 4.69) is 15.3 Å². The van der Waals surface area contributed by atoms with E-state index in [-0.39, 0.29) is 42.5 Å². The van der Waals surface area contributed by atoms with Crippen LogP contribution in [0.5, 0.6) is 0 Å². The molecule has 0 saturated carbocycles. The summed E-state index contributed by atoms with van der Waals surface area (Å²) in [5, 5.41) is 13.5. The molecule has 3 N–H and O–H groups in total. The van der Waals surface area contributed by atoms with Crippen molar-refractivity contribution >= 4 is 17.5 Å². The average Bonchev–Trinajstić information content (AvgIpc) is 2.25. The Hall–Kier alpha value is -2.13. The van der Waals surface area contributed by atoms with Gasteiger partial charge < -0.3 is 11.1 Å². The molecule has 0 spiro atoms. The van der Waals surface area contributed by atoms with Crippen LogP contribution in [0.4, 0.5) is 30.6 Å². The number of halogens is 3. The summed E-state index contributed by atoms with van der Waals surface area (Å²) in [5.41, 5.74) is 5.16. The van der Waals surface area contributed by atoms with Gasteiger partial charge in [-0.15, -0.1) is 0 Å². The molecule has 112 valence electrons. The highest BCUT2D eigenvalue weighted by Crippen LogP contribution is 2.26. The maximum Gasteiger partial charge on any atom is 0.389 e. The second kappa shape index (κ2) is 6.35. The molecule has 1 rings (SSSR count). The van der Waals surface area contributed by atoms with Gasteiger partial charge in [0, 0.05) is 13.0 Å². The van der Waals surface area contributed by atoms with Gasteiger partial charge in [0.15, 0.2) is 0 Å². The number of hydrogen-bond acceptors (Lipinski definition) is 6. The second-order valence-electron chi connectivity index (χ2n) is 4.12. The second-order valence-corrected chi connectivity index (χ2v) is 4.12. The molecule has 0 unspecified atom stereocenters. The Labute approximate surface area is 112 Å². The van der Waals surface area contributed by atoms with Gasteiger partial charge in [0.25, 0.3) is 0 Å². The Morgan fingerprint density at radius 1 is 1.35 bits per heavy atom. The van der Waals surface area contributed by atoms with E-state index in [9.17, 15) is 23.3 Å². The molecule has 1 aromatic rings. The molecular weight excluding hydrogens is 279 g/mol. The summed E-state index contributed by atoms with van der Waals surface area (Å²) in [6, 6.07) is 0. The molecule has 0 aromatic carbocycles. The number of anilines is 2. The maximum atomic E-state index is 11.9. The predicted octanol–water partition coefficient (Wildman–Crippen LogP) is 2.42. The molecule has 0 aliphatic carbocycles. The highest BCUT2D eigenvalue weighted by atomic mass is 19.4. The summed E-state index contributed by atoms with van der Waals surface area (Å²) in [5.74, 6) is -0.210. The van der Waals surface area contributed by atoms with Crippen LogP contribution in [0.1, 0.15) is 25.0 Å². The average molecular weight is 293 g/mol. The van der Waals surface area contributed by atoms with Crippen LogP contribution in [0, 0.1) is 17.0 Å². The Morgan fingerprint density at radius 3 is 2.55 bits per heavy atom. The first-order valence-electron chi connectivity index (χ1n) is 5.80. The quantitative estimate of drug-likeness (QED) is 0.474. The molecule has 0 atom stereocenters. The number of hydrogen-bond donors (Lipinski definition) is 2. The van der Waals surface area contributed by atoms with Gasteiger partial charge in [-0.1, -0.05) is 0 Å². The smallest absolute Gasteiger partial charge is 0.368 e. The van der Waals surface area contributed by atoms with Crippen molar-refractivity contribution in [2.75, 3.05) is 17.6 Å². The SMILES string of the molecule is Cc1nc(N)nc(NCCCCC(F)(F)F)c1[N+](=O)[O-]. The van der Waals surface area contributed by atoms with Gasteiger partial charge in [0.2, 0.25) is 11.8 Å². The third-order valence-corrected chi connectivity index (χ3v) is 2.44. The summed E-state index contributed by atoms with van der Waals surface area (Å²) in [4.78, 5) is 17.6. The molecule has 0 aliphatic heterocycles. The Kier molecular flexibility index (Phi) is 5.06. The Balaban J connectivity index is 2.62. The van der Waals surface area contributed by atoms with Crippen molar-refractivity contribution < 1.29 is 18.1 Å². The van der Waals surface area contributed by atoms with E-state index in [4.69, 9.17) is 5.73 Å². The zero-order chi connectivity index (χ0) is 15.3. The lowest BCUT2D eigenvalue weighted by molar-refractivity contribution is -0.385. The van der Waals surface area contributed by atoms with Gasteiger partial charge in [-0.05, 0) is 19.8 Å². The molecule has 0 radical (unpaired) electrons. The normalized spacial score (nSPS) is 11.4. The minimum absolute atomic E-state index is 0.0656. The van der Waals surface area contributed by atoms with Crippen LogP contribution in [0.2, 0.25) is 0 Å². The molecular formula is C10H14F3N5O2. The molecule has 0 amide bonds. The molecule has 10 heteroatoms. The van der Waals surface area contributed by atoms with E-state index < -0.39 is 17.5 Å². The van der Waals surface area contributed by atoms with Crippen LogP contribution >= 0.6 is 0 Å². The highest BCUT2D eigenvalue weighted by molar-refractivity contribution is 5.60. The first kappa shape index (κ1) is 15.9. The molecule has 0 aliphatic rings. The molecule has 20 heavy (non-hydrogen) atoms. The number of nitrogen functional groups attached to an aromatic ring is 1. The fourth-order valence-electron chi connectivity index (χ4n) is 1.59.